The second-order valence-corrected chi connectivity index (χ2v) is 4.50. The quantitative estimate of drug-likeness (QED) is 0.625. The molecular weight excluding hydrogens is 180 g/mol. The molecule has 14 heavy (non-hydrogen) atoms. The van der Waals surface area contributed by atoms with Crippen LogP contribution >= 0.6 is 0 Å². The van der Waals surface area contributed by atoms with E-state index in [0.717, 1.165) is 25.7 Å². The summed E-state index contributed by atoms with van der Waals surface area (Å²) in [5, 5.41) is 0. The molecule has 2 aliphatic rings. The van der Waals surface area contributed by atoms with E-state index in [1.165, 1.54) is 0 Å². The summed E-state index contributed by atoms with van der Waals surface area (Å²) in [6, 6.07) is 0.330. The van der Waals surface area contributed by atoms with Crippen LogP contribution in [0, 0.1) is 0 Å². The first-order valence-electron chi connectivity index (χ1n) is 5.44. The van der Waals surface area contributed by atoms with Gasteiger partial charge in [0.25, 0.3) is 0 Å². The molecule has 2 rings (SSSR count). The third kappa shape index (κ3) is 2.08. The van der Waals surface area contributed by atoms with E-state index in [2.05, 4.69) is 0 Å². The lowest BCUT2D eigenvalue weighted by Crippen LogP contribution is -2.58. The third-order valence-corrected chi connectivity index (χ3v) is 3.42. The standard InChI is InChI=1S/C10H20N2O2/c11-8-1-3-10(12,4-2-8)9-7-13-5-6-14-9/h8-9H,1-7,11-12H2. The van der Waals surface area contributed by atoms with E-state index in [1.54, 1.807) is 0 Å². The van der Waals surface area contributed by atoms with Crippen molar-refractivity contribution in [1.82, 2.24) is 0 Å². The lowest BCUT2D eigenvalue weighted by atomic mass is 9.76. The van der Waals surface area contributed by atoms with E-state index in [-0.39, 0.29) is 11.6 Å². The maximum absolute atomic E-state index is 6.34. The minimum absolute atomic E-state index is 0.0729. The van der Waals surface area contributed by atoms with E-state index in [9.17, 15) is 0 Å². The molecule has 0 aromatic rings. The van der Waals surface area contributed by atoms with Crippen molar-refractivity contribution in [2.45, 2.75) is 43.4 Å². The average Bonchev–Trinajstić information content (AvgIpc) is 2.24. The van der Waals surface area contributed by atoms with Gasteiger partial charge in [-0.1, -0.05) is 0 Å². The molecular formula is C10H20N2O2. The van der Waals surface area contributed by atoms with E-state index in [4.69, 9.17) is 20.9 Å². The van der Waals surface area contributed by atoms with Crippen molar-refractivity contribution in [1.29, 1.82) is 0 Å². The first-order valence-corrected chi connectivity index (χ1v) is 5.44. The average molecular weight is 200 g/mol. The molecule has 0 spiro atoms. The molecule has 1 atom stereocenters. The molecule has 0 amide bonds. The van der Waals surface area contributed by atoms with Crippen LogP contribution < -0.4 is 11.5 Å². The highest BCUT2D eigenvalue weighted by Gasteiger charge is 2.39. The fourth-order valence-corrected chi connectivity index (χ4v) is 2.32. The minimum atomic E-state index is -0.198. The Balaban J connectivity index is 1.93. The first kappa shape index (κ1) is 10.4. The third-order valence-electron chi connectivity index (χ3n) is 3.42. The molecule has 1 unspecified atom stereocenters. The number of ether oxygens (including phenoxy) is 2. The molecule has 0 aromatic carbocycles. The van der Waals surface area contributed by atoms with Gasteiger partial charge in [0, 0.05) is 11.6 Å². The fourth-order valence-electron chi connectivity index (χ4n) is 2.32. The number of hydrogen-bond acceptors (Lipinski definition) is 4. The van der Waals surface area contributed by atoms with E-state index in [0.29, 0.717) is 25.9 Å². The minimum Gasteiger partial charge on any atom is -0.376 e. The second-order valence-electron chi connectivity index (χ2n) is 4.50. The summed E-state index contributed by atoms with van der Waals surface area (Å²) in [5.41, 5.74) is 12.0. The van der Waals surface area contributed by atoms with Crippen molar-refractivity contribution >= 4 is 0 Å². The van der Waals surface area contributed by atoms with E-state index < -0.39 is 0 Å². The molecule has 82 valence electrons. The van der Waals surface area contributed by atoms with Crippen molar-refractivity contribution < 1.29 is 9.47 Å². The molecule has 1 saturated carbocycles. The molecule has 4 N–H and O–H groups in total. The van der Waals surface area contributed by atoms with Gasteiger partial charge in [0.15, 0.2) is 0 Å². The molecule has 2 fully saturated rings. The van der Waals surface area contributed by atoms with Gasteiger partial charge in [0.05, 0.1) is 25.9 Å². The Labute approximate surface area is 84.9 Å². The lowest BCUT2D eigenvalue weighted by Gasteiger charge is -2.43. The molecule has 1 heterocycles. The molecule has 4 heteroatoms. The molecule has 1 aliphatic heterocycles. The van der Waals surface area contributed by atoms with Crippen LogP contribution in [0.2, 0.25) is 0 Å². The van der Waals surface area contributed by atoms with Gasteiger partial charge in [-0.05, 0) is 25.7 Å². The van der Waals surface area contributed by atoms with Gasteiger partial charge in [-0.2, -0.15) is 0 Å². The monoisotopic (exact) mass is 200 g/mol. The summed E-state index contributed by atoms with van der Waals surface area (Å²) in [4.78, 5) is 0. The summed E-state index contributed by atoms with van der Waals surface area (Å²) in [5.74, 6) is 0. The topological polar surface area (TPSA) is 70.5 Å². The predicted molar refractivity (Wildman–Crippen MR) is 53.9 cm³/mol. The molecule has 1 aliphatic carbocycles. The predicted octanol–water partition coefficient (Wildman–Crippen LogP) is 0.000600. The van der Waals surface area contributed by atoms with Crippen molar-refractivity contribution in [3.05, 3.63) is 0 Å². The van der Waals surface area contributed by atoms with Crippen molar-refractivity contribution in [3.63, 3.8) is 0 Å². The maximum Gasteiger partial charge on any atom is 0.0988 e. The van der Waals surface area contributed by atoms with Crippen LogP contribution in [0.4, 0.5) is 0 Å². The van der Waals surface area contributed by atoms with Crippen molar-refractivity contribution in [2.75, 3.05) is 19.8 Å². The molecule has 1 saturated heterocycles. The highest BCUT2D eigenvalue weighted by atomic mass is 16.6. The zero-order chi connectivity index (χ0) is 10.0. The maximum atomic E-state index is 6.34. The summed E-state index contributed by atoms with van der Waals surface area (Å²) in [6.07, 6.45) is 4.01. The molecule has 4 nitrogen and oxygen atoms in total. The van der Waals surface area contributed by atoms with E-state index >= 15 is 0 Å². The van der Waals surface area contributed by atoms with Gasteiger partial charge in [-0.3, -0.25) is 0 Å². The summed E-state index contributed by atoms with van der Waals surface area (Å²) >= 11 is 0. The van der Waals surface area contributed by atoms with Crippen LogP contribution in [0.3, 0.4) is 0 Å². The second kappa shape index (κ2) is 4.14. The molecule has 0 radical (unpaired) electrons. The highest BCUT2D eigenvalue weighted by molar-refractivity contribution is 4.97. The fraction of sp³-hybridized carbons (Fsp3) is 1.00. The SMILES string of the molecule is NC1CCC(N)(C2COCCO2)CC1. The first-order chi connectivity index (χ1) is 6.71. The van der Waals surface area contributed by atoms with Gasteiger partial charge in [-0.15, -0.1) is 0 Å². The Hall–Kier alpha value is -0.160. The van der Waals surface area contributed by atoms with Gasteiger partial charge >= 0.3 is 0 Å². The van der Waals surface area contributed by atoms with Crippen LogP contribution in [0.15, 0.2) is 0 Å². The van der Waals surface area contributed by atoms with Crippen molar-refractivity contribution in [3.8, 4) is 0 Å². The van der Waals surface area contributed by atoms with Crippen LogP contribution in [0.1, 0.15) is 25.7 Å². The Bertz CT molecular complexity index is 185. The largest absolute Gasteiger partial charge is 0.376 e. The van der Waals surface area contributed by atoms with Crippen LogP contribution in [-0.2, 0) is 9.47 Å². The van der Waals surface area contributed by atoms with Gasteiger partial charge in [0.2, 0.25) is 0 Å². The zero-order valence-electron chi connectivity index (χ0n) is 8.58. The Morgan fingerprint density at radius 2 is 1.86 bits per heavy atom. The van der Waals surface area contributed by atoms with Crippen LogP contribution in [-0.4, -0.2) is 37.5 Å². The smallest absolute Gasteiger partial charge is 0.0988 e. The van der Waals surface area contributed by atoms with Crippen LogP contribution in [0.5, 0.6) is 0 Å². The van der Waals surface area contributed by atoms with Gasteiger partial charge in [-0.25, -0.2) is 0 Å². The summed E-state index contributed by atoms with van der Waals surface area (Å²) in [7, 11) is 0. The number of nitrogens with two attached hydrogens (primary N) is 2. The number of hydrogen-bond donors (Lipinski definition) is 2. The molecule has 0 aromatic heterocycles. The Kier molecular flexibility index (Phi) is 3.07. The summed E-state index contributed by atoms with van der Waals surface area (Å²) in [6.45, 7) is 2.02. The Morgan fingerprint density at radius 3 is 2.43 bits per heavy atom. The van der Waals surface area contributed by atoms with Gasteiger partial charge < -0.3 is 20.9 Å². The zero-order valence-corrected chi connectivity index (χ0v) is 8.58. The van der Waals surface area contributed by atoms with Gasteiger partial charge in [0.1, 0.15) is 0 Å². The Morgan fingerprint density at radius 1 is 1.14 bits per heavy atom. The molecule has 0 bridgehead atoms. The van der Waals surface area contributed by atoms with Crippen LogP contribution in [0.25, 0.3) is 0 Å². The highest BCUT2D eigenvalue weighted by Crippen LogP contribution is 2.30. The number of rotatable bonds is 1. The summed E-state index contributed by atoms with van der Waals surface area (Å²) < 4.78 is 11.1. The normalized spacial score (nSPS) is 45.0. The lowest BCUT2D eigenvalue weighted by molar-refractivity contribution is -0.124. The van der Waals surface area contributed by atoms with Crippen molar-refractivity contribution in [2.24, 2.45) is 11.5 Å². The van der Waals surface area contributed by atoms with E-state index in [1.807, 2.05) is 0 Å².